The minimum absolute atomic E-state index is 0.0292. The highest BCUT2D eigenvalue weighted by Crippen LogP contribution is 2.29. The number of aromatic carboxylic acids is 1. The zero-order valence-corrected chi connectivity index (χ0v) is 13.7. The van der Waals surface area contributed by atoms with E-state index in [1.54, 1.807) is 0 Å². The van der Waals surface area contributed by atoms with Gasteiger partial charge in [-0.3, -0.25) is 0 Å². The summed E-state index contributed by atoms with van der Waals surface area (Å²) in [5.41, 5.74) is 0. The van der Waals surface area contributed by atoms with E-state index in [9.17, 15) is 13.2 Å². The van der Waals surface area contributed by atoms with Crippen LogP contribution in [0.2, 0.25) is 0 Å². The third-order valence-corrected chi connectivity index (χ3v) is 7.01. The third-order valence-electron chi connectivity index (χ3n) is 3.92. The van der Waals surface area contributed by atoms with E-state index in [-0.39, 0.29) is 15.1 Å². The summed E-state index contributed by atoms with van der Waals surface area (Å²) in [5, 5.41) is 8.86. The van der Waals surface area contributed by atoms with Crippen LogP contribution in [0.5, 0.6) is 0 Å². The summed E-state index contributed by atoms with van der Waals surface area (Å²) in [7, 11) is -3.60. The highest BCUT2D eigenvalue weighted by atomic mass is 32.2. The molecule has 2 rings (SSSR count). The standard InChI is InChI=1S/C14H21NO4S2/c1-2-3-10-4-6-11(7-5-10)15-21(18,19)13-9-8-12(20-13)14(16)17/h8-11,15H,2-7H2,1H3,(H,16,17). The molecule has 0 aromatic carbocycles. The maximum atomic E-state index is 12.2. The Balaban J connectivity index is 1.96. The average molecular weight is 331 g/mol. The van der Waals surface area contributed by atoms with Gasteiger partial charge in [-0.2, -0.15) is 0 Å². The van der Waals surface area contributed by atoms with Gasteiger partial charge in [-0.25, -0.2) is 17.9 Å². The fourth-order valence-corrected chi connectivity index (χ4v) is 5.30. The quantitative estimate of drug-likeness (QED) is 0.839. The van der Waals surface area contributed by atoms with Crippen molar-refractivity contribution >= 4 is 27.3 Å². The van der Waals surface area contributed by atoms with E-state index in [4.69, 9.17) is 5.11 Å². The minimum atomic E-state index is -3.60. The molecule has 21 heavy (non-hydrogen) atoms. The number of carboxylic acids is 1. The average Bonchev–Trinajstić information content (AvgIpc) is 2.92. The summed E-state index contributed by atoms with van der Waals surface area (Å²) in [5.74, 6) is -0.377. The lowest BCUT2D eigenvalue weighted by atomic mass is 9.84. The van der Waals surface area contributed by atoms with Crippen LogP contribution in [0.4, 0.5) is 0 Å². The Bertz CT molecular complexity index is 586. The fourth-order valence-electron chi connectivity index (χ4n) is 2.83. The van der Waals surface area contributed by atoms with Crippen molar-refractivity contribution < 1.29 is 18.3 Å². The summed E-state index contributed by atoms with van der Waals surface area (Å²) >= 11 is 0.795. The topological polar surface area (TPSA) is 83.5 Å². The molecule has 1 aliphatic carbocycles. The van der Waals surface area contributed by atoms with Crippen molar-refractivity contribution in [3.63, 3.8) is 0 Å². The molecule has 1 saturated carbocycles. The molecular weight excluding hydrogens is 310 g/mol. The normalized spacial score (nSPS) is 23.1. The predicted molar refractivity (Wildman–Crippen MR) is 82.3 cm³/mol. The van der Waals surface area contributed by atoms with Crippen molar-refractivity contribution in [3.8, 4) is 0 Å². The van der Waals surface area contributed by atoms with Crippen molar-refractivity contribution in [2.45, 2.75) is 55.7 Å². The summed E-state index contributed by atoms with van der Waals surface area (Å²) in [6.07, 6.45) is 6.24. The lowest BCUT2D eigenvalue weighted by Gasteiger charge is -2.28. The summed E-state index contributed by atoms with van der Waals surface area (Å²) in [6, 6.07) is 2.66. The molecule has 0 aliphatic heterocycles. The Morgan fingerprint density at radius 1 is 1.33 bits per heavy atom. The van der Waals surface area contributed by atoms with Crippen LogP contribution in [0, 0.1) is 5.92 Å². The van der Waals surface area contributed by atoms with Gasteiger partial charge < -0.3 is 5.11 Å². The summed E-state index contributed by atoms with van der Waals surface area (Å²) in [4.78, 5) is 10.9. The van der Waals surface area contributed by atoms with Crippen molar-refractivity contribution in [3.05, 3.63) is 17.0 Å². The monoisotopic (exact) mass is 331 g/mol. The first-order chi connectivity index (χ1) is 9.92. The number of carboxylic acid groups (broad SMARTS) is 1. The van der Waals surface area contributed by atoms with E-state index in [0.717, 1.165) is 42.9 Å². The van der Waals surface area contributed by atoms with Gasteiger partial charge in [-0.1, -0.05) is 19.8 Å². The Labute approximate surface area is 129 Å². The molecule has 118 valence electrons. The van der Waals surface area contributed by atoms with Crippen molar-refractivity contribution in [1.29, 1.82) is 0 Å². The number of hydrogen-bond donors (Lipinski definition) is 2. The molecule has 0 bridgehead atoms. The smallest absolute Gasteiger partial charge is 0.345 e. The third kappa shape index (κ3) is 4.28. The van der Waals surface area contributed by atoms with Gasteiger partial charge in [0.2, 0.25) is 10.0 Å². The Morgan fingerprint density at radius 3 is 2.52 bits per heavy atom. The Hall–Kier alpha value is -0.920. The van der Waals surface area contributed by atoms with Gasteiger partial charge in [0.05, 0.1) is 0 Å². The molecule has 5 nitrogen and oxygen atoms in total. The maximum Gasteiger partial charge on any atom is 0.345 e. The van der Waals surface area contributed by atoms with Crippen LogP contribution in [0.15, 0.2) is 16.3 Å². The molecule has 0 amide bonds. The molecule has 1 heterocycles. The van der Waals surface area contributed by atoms with Crippen molar-refractivity contribution in [2.24, 2.45) is 5.92 Å². The molecule has 1 fully saturated rings. The van der Waals surface area contributed by atoms with Gasteiger partial charge in [0, 0.05) is 6.04 Å². The van der Waals surface area contributed by atoms with Gasteiger partial charge in [-0.15, -0.1) is 11.3 Å². The second-order valence-electron chi connectivity index (χ2n) is 5.55. The minimum Gasteiger partial charge on any atom is -0.477 e. The van der Waals surface area contributed by atoms with E-state index < -0.39 is 16.0 Å². The highest BCUT2D eigenvalue weighted by Gasteiger charge is 2.26. The molecule has 0 atom stereocenters. The zero-order valence-electron chi connectivity index (χ0n) is 12.0. The van der Waals surface area contributed by atoms with Gasteiger partial charge in [0.15, 0.2) is 0 Å². The largest absolute Gasteiger partial charge is 0.477 e. The van der Waals surface area contributed by atoms with Crippen LogP contribution in [0.3, 0.4) is 0 Å². The Kier molecular flexibility index (Phi) is 5.40. The summed E-state index contributed by atoms with van der Waals surface area (Å²) < 4.78 is 27.3. The SMILES string of the molecule is CCCC1CCC(NS(=O)(=O)c2ccc(C(=O)O)s2)CC1. The first-order valence-electron chi connectivity index (χ1n) is 7.28. The molecule has 1 aliphatic rings. The molecule has 0 spiro atoms. The lowest BCUT2D eigenvalue weighted by Crippen LogP contribution is -2.37. The summed E-state index contributed by atoms with van der Waals surface area (Å²) in [6.45, 7) is 2.17. The van der Waals surface area contributed by atoms with E-state index >= 15 is 0 Å². The number of hydrogen-bond acceptors (Lipinski definition) is 4. The van der Waals surface area contributed by atoms with E-state index in [0.29, 0.717) is 0 Å². The predicted octanol–water partition coefficient (Wildman–Crippen LogP) is 3.08. The van der Waals surface area contributed by atoms with Crippen LogP contribution in [0.1, 0.15) is 55.1 Å². The van der Waals surface area contributed by atoms with Crippen LogP contribution < -0.4 is 4.72 Å². The number of thiophene rings is 1. The number of carbonyl (C=O) groups is 1. The fraction of sp³-hybridized carbons (Fsp3) is 0.643. The number of sulfonamides is 1. The molecule has 2 N–H and O–H groups in total. The highest BCUT2D eigenvalue weighted by molar-refractivity contribution is 7.91. The first kappa shape index (κ1) is 16.5. The molecule has 0 unspecified atom stereocenters. The van der Waals surface area contributed by atoms with Crippen LogP contribution in [-0.4, -0.2) is 25.5 Å². The molecule has 1 aromatic heterocycles. The lowest BCUT2D eigenvalue weighted by molar-refractivity contribution is 0.0702. The van der Waals surface area contributed by atoms with E-state index in [1.807, 2.05) is 0 Å². The first-order valence-corrected chi connectivity index (χ1v) is 9.57. The second kappa shape index (κ2) is 6.89. The molecule has 0 radical (unpaired) electrons. The van der Waals surface area contributed by atoms with Gasteiger partial charge in [0.25, 0.3) is 0 Å². The molecule has 7 heteroatoms. The van der Waals surface area contributed by atoms with E-state index in [2.05, 4.69) is 11.6 Å². The number of rotatable bonds is 6. The van der Waals surface area contributed by atoms with Crippen molar-refractivity contribution in [1.82, 2.24) is 4.72 Å². The second-order valence-corrected chi connectivity index (χ2v) is 8.58. The number of nitrogens with one attached hydrogen (secondary N) is 1. The van der Waals surface area contributed by atoms with Gasteiger partial charge >= 0.3 is 5.97 Å². The molecule has 0 saturated heterocycles. The van der Waals surface area contributed by atoms with Crippen LogP contribution in [0.25, 0.3) is 0 Å². The maximum absolute atomic E-state index is 12.2. The van der Waals surface area contributed by atoms with Crippen LogP contribution >= 0.6 is 11.3 Å². The Morgan fingerprint density at radius 2 is 2.00 bits per heavy atom. The van der Waals surface area contributed by atoms with Gasteiger partial charge in [0.1, 0.15) is 9.09 Å². The van der Waals surface area contributed by atoms with Crippen LogP contribution in [-0.2, 0) is 10.0 Å². The van der Waals surface area contributed by atoms with Crippen molar-refractivity contribution in [2.75, 3.05) is 0 Å². The zero-order chi connectivity index (χ0) is 15.5. The van der Waals surface area contributed by atoms with E-state index in [1.165, 1.54) is 25.0 Å². The molecular formula is C14H21NO4S2. The molecule has 1 aromatic rings. The van der Waals surface area contributed by atoms with Gasteiger partial charge in [-0.05, 0) is 43.7 Å².